The molecule has 0 aromatic heterocycles. The molecule has 4 aromatic rings. The van der Waals surface area contributed by atoms with E-state index in [2.05, 4.69) is 0 Å². The molecule has 0 radical (unpaired) electrons. The highest BCUT2D eigenvalue weighted by Gasteiger charge is 2.26. The van der Waals surface area contributed by atoms with Crippen molar-refractivity contribution in [3.63, 3.8) is 0 Å². The molecular formula is C20H14O4S. The molecule has 5 heteroatoms. The third-order valence-electron chi connectivity index (χ3n) is 4.28. The van der Waals surface area contributed by atoms with Gasteiger partial charge in [-0.25, -0.2) is 8.42 Å². The molecule has 0 saturated heterocycles. The average Bonchev–Trinajstić information content (AvgIpc) is 2.61. The quantitative estimate of drug-likeness (QED) is 0.567. The molecule has 0 unspecified atom stereocenters. The summed E-state index contributed by atoms with van der Waals surface area (Å²) in [6.07, 6.45) is 0. The molecule has 124 valence electrons. The van der Waals surface area contributed by atoms with Gasteiger partial charge in [0, 0.05) is 16.2 Å². The fraction of sp³-hybridized carbons (Fsp3) is 0. The van der Waals surface area contributed by atoms with Crippen LogP contribution in [0.1, 0.15) is 0 Å². The normalized spacial score (nSPS) is 11.8. The lowest BCUT2D eigenvalue weighted by atomic mass is 10.1. The van der Waals surface area contributed by atoms with Crippen molar-refractivity contribution in [3.8, 4) is 11.5 Å². The highest BCUT2D eigenvalue weighted by Crippen LogP contribution is 2.39. The fourth-order valence-corrected chi connectivity index (χ4v) is 4.87. The molecule has 0 aliphatic rings. The SMILES string of the molecule is O=S(=O)(c1c(O)ccc2ccccc12)c1ccc(O)c2ccccc12. The van der Waals surface area contributed by atoms with E-state index in [-0.39, 0.29) is 21.3 Å². The van der Waals surface area contributed by atoms with Gasteiger partial charge in [-0.3, -0.25) is 0 Å². The summed E-state index contributed by atoms with van der Waals surface area (Å²) in [5, 5.41) is 22.4. The van der Waals surface area contributed by atoms with Crippen LogP contribution in [-0.2, 0) is 9.84 Å². The topological polar surface area (TPSA) is 74.6 Å². The van der Waals surface area contributed by atoms with Gasteiger partial charge in [0.25, 0.3) is 0 Å². The molecular weight excluding hydrogens is 336 g/mol. The first-order chi connectivity index (χ1) is 12.0. The van der Waals surface area contributed by atoms with Crippen LogP contribution in [0.5, 0.6) is 11.5 Å². The van der Waals surface area contributed by atoms with Crippen LogP contribution in [0.2, 0.25) is 0 Å². The Morgan fingerprint density at radius 1 is 0.600 bits per heavy atom. The first-order valence-corrected chi connectivity index (χ1v) is 9.15. The number of rotatable bonds is 2. The monoisotopic (exact) mass is 350 g/mol. The molecule has 0 bridgehead atoms. The molecule has 0 heterocycles. The summed E-state index contributed by atoms with van der Waals surface area (Å²) in [4.78, 5) is -0.0750. The number of fused-ring (bicyclic) bond motifs is 2. The van der Waals surface area contributed by atoms with Gasteiger partial charge in [-0.1, -0.05) is 54.6 Å². The summed E-state index contributed by atoms with van der Waals surface area (Å²) in [5.74, 6) is -0.285. The highest BCUT2D eigenvalue weighted by atomic mass is 32.2. The minimum absolute atomic E-state index is 0.0108. The Kier molecular flexibility index (Phi) is 3.40. The molecule has 4 aromatic carbocycles. The molecule has 0 saturated carbocycles. The van der Waals surface area contributed by atoms with E-state index in [0.29, 0.717) is 16.2 Å². The molecule has 0 spiro atoms. The molecule has 25 heavy (non-hydrogen) atoms. The smallest absolute Gasteiger partial charge is 0.211 e. The van der Waals surface area contributed by atoms with Crippen LogP contribution in [-0.4, -0.2) is 18.6 Å². The first-order valence-electron chi connectivity index (χ1n) is 7.66. The van der Waals surface area contributed by atoms with E-state index in [0.717, 1.165) is 5.39 Å². The summed E-state index contributed by atoms with van der Waals surface area (Å²) < 4.78 is 26.7. The van der Waals surface area contributed by atoms with E-state index < -0.39 is 9.84 Å². The summed E-state index contributed by atoms with van der Waals surface area (Å²) in [5.41, 5.74) is 0. The molecule has 2 N–H and O–H groups in total. The van der Waals surface area contributed by atoms with Gasteiger partial charge in [0.2, 0.25) is 9.84 Å². The van der Waals surface area contributed by atoms with Crippen LogP contribution < -0.4 is 0 Å². The second-order valence-electron chi connectivity index (χ2n) is 5.77. The van der Waals surface area contributed by atoms with Crippen molar-refractivity contribution in [2.24, 2.45) is 0 Å². The van der Waals surface area contributed by atoms with Gasteiger partial charge in [0.1, 0.15) is 16.4 Å². The molecule has 0 atom stereocenters. The zero-order chi connectivity index (χ0) is 17.6. The van der Waals surface area contributed by atoms with Crippen molar-refractivity contribution in [3.05, 3.63) is 72.8 Å². The standard InChI is InChI=1S/C20H14O4S/c21-17-11-12-19(16-8-4-3-7-15(16)17)25(23,24)20-14-6-2-1-5-13(14)9-10-18(20)22/h1-12,21-22H. The molecule has 4 rings (SSSR count). The number of aromatic hydroxyl groups is 2. The van der Waals surface area contributed by atoms with E-state index in [4.69, 9.17) is 0 Å². The van der Waals surface area contributed by atoms with Gasteiger partial charge in [-0.2, -0.15) is 0 Å². The summed E-state index contributed by atoms with van der Waals surface area (Å²) in [7, 11) is -4.00. The zero-order valence-corrected chi connectivity index (χ0v) is 13.9. The number of sulfone groups is 1. The number of benzene rings is 4. The van der Waals surface area contributed by atoms with Crippen LogP contribution in [0.3, 0.4) is 0 Å². The summed E-state index contributed by atoms with van der Waals surface area (Å²) >= 11 is 0. The first kappa shape index (κ1) is 15.5. The predicted molar refractivity (Wildman–Crippen MR) is 96.7 cm³/mol. The summed E-state index contributed by atoms with van der Waals surface area (Å²) in [6.45, 7) is 0. The number of phenolic OH excluding ortho intramolecular Hbond substituents is 2. The largest absolute Gasteiger partial charge is 0.507 e. The minimum Gasteiger partial charge on any atom is -0.507 e. The third kappa shape index (κ3) is 2.32. The maximum Gasteiger partial charge on any atom is 0.211 e. The van der Waals surface area contributed by atoms with Crippen molar-refractivity contribution in [2.75, 3.05) is 0 Å². The average molecular weight is 350 g/mol. The van der Waals surface area contributed by atoms with E-state index in [9.17, 15) is 18.6 Å². The number of hydrogen-bond donors (Lipinski definition) is 2. The van der Waals surface area contributed by atoms with E-state index in [1.54, 1.807) is 48.5 Å². The van der Waals surface area contributed by atoms with Crippen LogP contribution in [0.15, 0.2) is 82.6 Å². The van der Waals surface area contributed by atoms with Gasteiger partial charge in [-0.05, 0) is 23.6 Å². The minimum atomic E-state index is -4.00. The zero-order valence-electron chi connectivity index (χ0n) is 13.0. The van der Waals surface area contributed by atoms with E-state index in [1.165, 1.54) is 18.2 Å². The molecule has 4 nitrogen and oxygen atoms in total. The van der Waals surface area contributed by atoms with E-state index in [1.807, 2.05) is 6.07 Å². The molecule has 0 aliphatic heterocycles. The van der Waals surface area contributed by atoms with Crippen molar-refractivity contribution < 1.29 is 18.6 Å². The maximum atomic E-state index is 13.4. The predicted octanol–water partition coefficient (Wildman–Crippen LogP) is 4.24. The Labute approximate surface area is 144 Å². The Hall–Kier alpha value is -3.05. The molecule has 0 aliphatic carbocycles. The Bertz CT molecular complexity index is 1230. The Morgan fingerprint density at radius 2 is 1.20 bits per heavy atom. The molecule has 0 amide bonds. The Balaban J connectivity index is 2.12. The lowest BCUT2D eigenvalue weighted by Crippen LogP contribution is -2.04. The van der Waals surface area contributed by atoms with Crippen LogP contribution in [0.4, 0.5) is 0 Å². The Morgan fingerprint density at radius 3 is 1.96 bits per heavy atom. The van der Waals surface area contributed by atoms with Crippen molar-refractivity contribution in [1.82, 2.24) is 0 Å². The van der Waals surface area contributed by atoms with Gasteiger partial charge in [0.15, 0.2) is 0 Å². The van der Waals surface area contributed by atoms with Gasteiger partial charge in [0.05, 0.1) is 4.90 Å². The van der Waals surface area contributed by atoms with Gasteiger partial charge >= 0.3 is 0 Å². The summed E-state index contributed by atoms with van der Waals surface area (Å²) in [6, 6.07) is 19.5. The van der Waals surface area contributed by atoms with Gasteiger partial charge in [-0.15, -0.1) is 0 Å². The lowest BCUT2D eigenvalue weighted by Gasteiger charge is -2.13. The number of hydrogen-bond acceptors (Lipinski definition) is 4. The van der Waals surface area contributed by atoms with Crippen molar-refractivity contribution >= 4 is 31.4 Å². The van der Waals surface area contributed by atoms with E-state index >= 15 is 0 Å². The van der Waals surface area contributed by atoms with Crippen LogP contribution >= 0.6 is 0 Å². The fourth-order valence-electron chi connectivity index (χ4n) is 3.11. The van der Waals surface area contributed by atoms with Crippen LogP contribution in [0.25, 0.3) is 21.5 Å². The third-order valence-corrected chi connectivity index (χ3v) is 6.18. The second kappa shape index (κ2) is 5.50. The lowest BCUT2D eigenvalue weighted by molar-refractivity contribution is 0.460. The van der Waals surface area contributed by atoms with Crippen molar-refractivity contribution in [2.45, 2.75) is 9.79 Å². The van der Waals surface area contributed by atoms with Crippen molar-refractivity contribution in [1.29, 1.82) is 0 Å². The second-order valence-corrected chi connectivity index (χ2v) is 7.62. The van der Waals surface area contributed by atoms with Crippen LogP contribution in [0, 0.1) is 0 Å². The maximum absolute atomic E-state index is 13.4. The van der Waals surface area contributed by atoms with Gasteiger partial charge < -0.3 is 10.2 Å². The highest BCUT2D eigenvalue weighted by molar-refractivity contribution is 7.92. The molecule has 0 fully saturated rings. The number of phenols is 2.